The number of benzene rings is 1. The highest BCUT2D eigenvalue weighted by Gasteiger charge is 2.13. The lowest BCUT2D eigenvalue weighted by Gasteiger charge is -2.19. The second kappa shape index (κ2) is 7.05. The van der Waals surface area contributed by atoms with Crippen molar-refractivity contribution < 1.29 is 0 Å². The van der Waals surface area contributed by atoms with Crippen molar-refractivity contribution in [1.29, 1.82) is 0 Å². The second-order valence-corrected chi connectivity index (χ2v) is 6.49. The van der Waals surface area contributed by atoms with Crippen molar-refractivity contribution in [3.8, 4) is 0 Å². The topological polar surface area (TPSA) is 53.9 Å². The maximum absolute atomic E-state index is 4.61. The number of aryl methyl sites for hydroxylation is 1. The normalized spacial score (nSPS) is 15.5. The monoisotopic (exact) mass is 361 g/mol. The summed E-state index contributed by atoms with van der Waals surface area (Å²) in [6.07, 6.45) is 6.65. The van der Waals surface area contributed by atoms with Crippen molar-refractivity contribution in [2.45, 2.75) is 32.6 Å². The van der Waals surface area contributed by atoms with Crippen molar-refractivity contribution in [2.75, 3.05) is 23.3 Å². The quantitative estimate of drug-likeness (QED) is 0.892. The summed E-state index contributed by atoms with van der Waals surface area (Å²) >= 11 is 3.51. The van der Waals surface area contributed by atoms with Crippen LogP contribution < -0.4 is 10.2 Å². The average Bonchev–Trinajstić information content (AvgIpc) is 2.80. The van der Waals surface area contributed by atoms with Crippen LogP contribution in [0.5, 0.6) is 0 Å². The van der Waals surface area contributed by atoms with Gasteiger partial charge in [-0.3, -0.25) is 0 Å². The Kier molecular flexibility index (Phi) is 4.87. The predicted octanol–water partition coefficient (Wildman–Crippen LogP) is 4.07. The van der Waals surface area contributed by atoms with Crippen LogP contribution in [-0.4, -0.2) is 28.3 Å². The van der Waals surface area contributed by atoms with Crippen molar-refractivity contribution in [2.24, 2.45) is 0 Å². The summed E-state index contributed by atoms with van der Waals surface area (Å²) in [5.41, 5.74) is 2.18. The number of hydrogen-bond donors (Lipinski definition) is 1. The van der Waals surface area contributed by atoms with E-state index in [1.807, 2.05) is 12.1 Å². The van der Waals surface area contributed by atoms with Crippen molar-refractivity contribution in [3.05, 3.63) is 34.4 Å². The molecule has 0 atom stereocenters. The van der Waals surface area contributed by atoms with Gasteiger partial charge < -0.3 is 10.2 Å². The number of nitrogens with one attached hydrogen (secondary N) is 1. The fourth-order valence-corrected chi connectivity index (χ4v) is 2.88. The van der Waals surface area contributed by atoms with Gasteiger partial charge in [0.15, 0.2) is 5.82 Å². The first-order valence-corrected chi connectivity index (χ1v) is 8.49. The zero-order chi connectivity index (χ0) is 15.4. The Labute approximate surface area is 139 Å². The Morgan fingerprint density at radius 3 is 2.64 bits per heavy atom. The van der Waals surface area contributed by atoms with E-state index in [0.717, 1.165) is 35.0 Å². The molecule has 1 fully saturated rings. The van der Waals surface area contributed by atoms with Crippen LogP contribution >= 0.6 is 15.9 Å². The molecule has 0 radical (unpaired) electrons. The molecule has 6 heteroatoms. The summed E-state index contributed by atoms with van der Waals surface area (Å²) in [4.78, 5) is 6.85. The van der Waals surface area contributed by atoms with Crippen LogP contribution in [-0.2, 0) is 0 Å². The van der Waals surface area contributed by atoms with E-state index in [1.54, 1.807) is 6.20 Å². The van der Waals surface area contributed by atoms with E-state index in [2.05, 4.69) is 54.3 Å². The zero-order valence-corrected chi connectivity index (χ0v) is 14.3. The van der Waals surface area contributed by atoms with E-state index in [9.17, 15) is 0 Å². The van der Waals surface area contributed by atoms with Crippen LogP contribution in [0, 0.1) is 6.92 Å². The molecule has 5 nitrogen and oxygen atoms in total. The van der Waals surface area contributed by atoms with E-state index >= 15 is 0 Å². The van der Waals surface area contributed by atoms with Crippen LogP contribution in [0.1, 0.15) is 31.2 Å². The predicted molar refractivity (Wildman–Crippen MR) is 92.7 cm³/mol. The molecule has 0 bridgehead atoms. The molecule has 1 aliphatic heterocycles. The molecule has 1 aromatic heterocycles. The first kappa shape index (κ1) is 15.2. The van der Waals surface area contributed by atoms with Gasteiger partial charge in [-0.1, -0.05) is 28.8 Å². The van der Waals surface area contributed by atoms with Crippen LogP contribution in [0.4, 0.5) is 17.5 Å². The molecule has 1 aliphatic rings. The summed E-state index contributed by atoms with van der Waals surface area (Å²) < 4.78 is 1.10. The summed E-state index contributed by atoms with van der Waals surface area (Å²) in [5, 5.41) is 11.6. The van der Waals surface area contributed by atoms with Gasteiger partial charge in [-0.15, -0.1) is 5.10 Å². The lowest BCUT2D eigenvalue weighted by atomic mass is 10.2. The van der Waals surface area contributed by atoms with Gasteiger partial charge in [-0.25, -0.2) is 0 Å². The lowest BCUT2D eigenvalue weighted by Crippen LogP contribution is -2.26. The molecule has 2 heterocycles. The first-order chi connectivity index (χ1) is 10.7. The third-order valence-corrected chi connectivity index (χ3v) is 4.76. The Hall–Kier alpha value is -1.69. The van der Waals surface area contributed by atoms with E-state index in [0.29, 0.717) is 0 Å². The number of aromatic nitrogens is 3. The molecule has 2 aromatic rings. The van der Waals surface area contributed by atoms with Crippen molar-refractivity contribution in [3.63, 3.8) is 0 Å². The standard InChI is InChI=1S/C16H20BrN5/c1-12-10-13(6-7-14(12)17)19-15-11-18-21-16(20-15)22-8-4-2-3-5-9-22/h6-7,10-11H,2-5,8-9H2,1H3,(H,19,20,21). The number of anilines is 3. The minimum absolute atomic E-state index is 0.723. The van der Waals surface area contributed by atoms with E-state index in [-0.39, 0.29) is 0 Å². The molecule has 1 saturated heterocycles. The molecule has 0 aliphatic carbocycles. The first-order valence-electron chi connectivity index (χ1n) is 7.70. The van der Waals surface area contributed by atoms with Gasteiger partial charge in [0.05, 0.1) is 6.20 Å². The molecule has 0 spiro atoms. The summed E-state index contributed by atoms with van der Waals surface area (Å²) in [6.45, 7) is 4.10. The molecule has 116 valence electrons. The Balaban J connectivity index is 1.76. The summed E-state index contributed by atoms with van der Waals surface area (Å²) in [5.74, 6) is 1.46. The number of nitrogens with zero attached hydrogens (tertiary/aromatic N) is 4. The minimum Gasteiger partial charge on any atom is -0.339 e. The number of rotatable bonds is 3. The lowest BCUT2D eigenvalue weighted by molar-refractivity contribution is 0.726. The molecule has 0 unspecified atom stereocenters. The fourth-order valence-electron chi connectivity index (χ4n) is 2.63. The summed E-state index contributed by atoms with van der Waals surface area (Å²) in [6, 6.07) is 6.13. The fraction of sp³-hybridized carbons (Fsp3) is 0.438. The van der Waals surface area contributed by atoms with Crippen LogP contribution in [0.25, 0.3) is 0 Å². The Bertz CT molecular complexity index is 638. The van der Waals surface area contributed by atoms with Crippen LogP contribution in [0.3, 0.4) is 0 Å². The second-order valence-electron chi connectivity index (χ2n) is 5.63. The third kappa shape index (κ3) is 3.74. The molecule has 3 rings (SSSR count). The summed E-state index contributed by atoms with van der Waals surface area (Å²) in [7, 11) is 0. The molecule has 22 heavy (non-hydrogen) atoms. The van der Waals surface area contributed by atoms with Gasteiger partial charge in [0, 0.05) is 23.2 Å². The van der Waals surface area contributed by atoms with E-state index in [1.165, 1.54) is 31.2 Å². The highest BCUT2D eigenvalue weighted by Crippen LogP contribution is 2.23. The molecular weight excluding hydrogens is 342 g/mol. The number of halogens is 1. The van der Waals surface area contributed by atoms with Gasteiger partial charge in [0.2, 0.25) is 5.95 Å². The van der Waals surface area contributed by atoms with Gasteiger partial charge >= 0.3 is 0 Å². The van der Waals surface area contributed by atoms with Gasteiger partial charge in [0.1, 0.15) is 0 Å². The minimum atomic E-state index is 0.723. The molecule has 1 N–H and O–H groups in total. The molecule has 0 amide bonds. The zero-order valence-electron chi connectivity index (χ0n) is 12.7. The third-order valence-electron chi connectivity index (χ3n) is 3.87. The van der Waals surface area contributed by atoms with E-state index < -0.39 is 0 Å². The Morgan fingerprint density at radius 1 is 1.14 bits per heavy atom. The maximum Gasteiger partial charge on any atom is 0.247 e. The van der Waals surface area contributed by atoms with Gasteiger partial charge in [-0.2, -0.15) is 10.1 Å². The van der Waals surface area contributed by atoms with Gasteiger partial charge in [-0.05, 0) is 43.5 Å². The smallest absolute Gasteiger partial charge is 0.247 e. The Morgan fingerprint density at radius 2 is 1.91 bits per heavy atom. The van der Waals surface area contributed by atoms with Crippen molar-refractivity contribution >= 4 is 33.4 Å². The molecular formula is C16H20BrN5. The van der Waals surface area contributed by atoms with Crippen molar-refractivity contribution in [1.82, 2.24) is 15.2 Å². The molecule has 0 saturated carbocycles. The van der Waals surface area contributed by atoms with Crippen LogP contribution in [0.15, 0.2) is 28.9 Å². The van der Waals surface area contributed by atoms with Gasteiger partial charge in [0.25, 0.3) is 0 Å². The maximum atomic E-state index is 4.61. The van der Waals surface area contributed by atoms with Crippen LogP contribution in [0.2, 0.25) is 0 Å². The SMILES string of the molecule is Cc1cc(Nc2cnnc(N3CCCCCC3)n2)ccc1Br. The van der Waals surface area contributed by atoms with E-state index in [4.69, 9.17) is 0 Å². The largest absolute Gasteiger partial charge is 0.339 e. The average molecular weight is 362 g/mol. The molecule has 1 aromatic carbocycles. The highest BCUT2D eigenvalue weighted by molar-refractivity contribution is 9.10. The highest BCUT2D eigenvalue weighted by atomic mass is 79.9. The number of hydrogen-bond acceptors (Lipinski definition) is 5.